The number of benzene rings is 1. The normalized spacial score (nSPS) is 12.0. The Morgan fingerprint density at radius 2 is 2.04 bits per heavy atom. The van der Waals surface area contributed by atoms with Crippen molar-refractivity contribution >= 4 is 17.2 Å². The van der Waals surface area contributed by atoms with Gasteiger partial charge in [0, 0.05) is 29.7 Å². The molecule has 0 fully saturated rings. The number of hydrogen-bond donors (Lipinski definition) is 1. The summed E-state index contributed by atoms with van der Waals surface area (Å²) in [4.78, 5) is 16.9. The Morgan fingerprint density at radius 3 is 2.68 bits per heavy atom. The summed E-state index contributed by atoms with van der Waals surface area (Å²) in [7, 11) is 0. The predicted octanol–water partition coefficient (Wildman–Crippen LogP) is 4.09. The number of nitrogens with one attached hydrogen (secondary N) is 1. The Hall–Kier alpha value is -2.67. The van der Waals surface area contributed by atoms with Gasteiger partial charge in [0.05, 0.1) is 12.3 Å². The molecule has 28 heavy (non-hydrogen) atoms. The molecular formula is C21H26N4O2S. The molecule has 1 N–H and O–H groups in total. The Bertz CT molecular complexity index is 930. The fraction of sp³-hybridized carbons (Fsp3) is 0.381. The van der Waals surface area contributed by atoms with E-state index in [1.54, 1.807) is 5.38 Å². The Labute approximate surface area is 169 Å². The maximum absolute atomic E-state index is 12.4. The minimum atomic E-state index is -0.145. The van der Waals surface area contributed by atoms with Crippen molar-refractivity contribution in [3.05, 3.63) is 52.8 Å². The highest BCUT2D eigenvalue weighted by molar-refractivity contribution is 7.13. The number of aryl methyl sites for hydroxylation is 2. The van der Waals surface area contributed by atoms with Crippen LogP contribution < -0.4 is 10.1 Å². The summed E-state index contributed by atoms with van der Waals surface area (Å²) in [5.74, 6) is 0.956. The summed E-state index contributed by atoms with van der Waals surface area (Å²) in [6, 6.07) is 9.81. The standard InChI is InChI=1S/C21H26N4O2S/c1-5-27-18-8-6-17(7-9-18)21-23-19(13-28-21)20(26)22-11-14(2)12-25-16(4)10-15(3)24-25/h6-10,13-14H,5,11-12H2,1-4H3,(H,22,26)/t14-/m0/s1. The third-order valence-electron chi connectivity index (χ3n) is 4.35. The van der Waals surface area contributed by atoms with Gasteiger partial charge in [-0.1, -0.05) is 6.92 Å². The molecule has 0 spiro atoms. The lowest BCUT2D eigenvalue weighted by Gasteiger charge is -2.13. The molecule has 0 unspecified atom stereocenters. The maximum Gasteiger partial charge on any atom is 0.270 e. The molecule has 0 aliphatic rings. The number of amides is 1. The lowest BCUT2D eigenvalue weighted by molar-refractivity contribution is 0.0942. The highest BCUT2D eigenvalue weighted by Crippen LogP contribution is 2.25. The van der Waals surface area contributed by atoms with E-state index in [0.29, 0.717) is 18.8 Å². The van der Waals surface area contributed by atoms with Gasteiger partial charge in [-0.25, -0.2) is 4.98 Å². The van der Waals surface area contributed by atoms with Crippen LogP contribution in [-0.4, -0.2) is 33.8 Å². The van der Waals surface area contributed by atoms with Crippen molar-refractivity contribution in [2.45, 2.75) is 34.2 Å². The summed E-state index contributed by atoms with van der Waals surface area (Å²) >= 11 is 1.46. The molecule has 148 valence electrons. The van der Waals surface area contributed by atoms with Gasteiger partial charge in [-0.15, -0.1) is 11.3 Å². The third kappa shape index (κ3) is 4.98. The van der Waals surface area contributed by atoms with Gasteiger partial charge < -0.3 is 10.1 Å². The first-order chi connectivity index (χ1) is 13.5. The molecule has 0 bridgehead atoms. The van der Waals surface area contributed by atoms with Crippen molar-refractivity contribution in [2.24, 2.45) is 5.92 Å². The predicted molar refractivity (Wildman–Crippen MR) is 112 cm³/mol. The number of carbonyl (C=O) groups excluding carboxylic acids is 1. The third-order valence-corrected chi connectivity index (χ3v) is 5.24. The van der Waals surface area contributed by atoms with E-state index >= 15 is 0 Å². The van der Waals surface area contributed by atoms with Crippen LogP contribution in [0.1, 0.15) is 35.7 Å². The molecule has 1 atom stereocenters. The van der Waals surface area contributed by atoms with E-state index in [0.717, 1.165) is 34.3 Å². The van der Waals surface area contributed by atoms with Gasteiger partial charge in [0.1, 0.15) is 16.5 Å². The lowest BCUT2D eigenvalue weighted by Crippen LogP contribution is -2.30. The number of rotatable bonds is 8. The number of hydrogen-bond acceptors (Lipinski definition) is 5. The van der Waals surface area contributed by atoms with E-state index in [9.17, 15) is 4.79 Å². The number of aromatic nitrogens is 3. The van der Waals surface area contributed by atoms with Gasteiger partial charge in [-0.2, -0.15) is 5.10 Å². The van der Waals surface area contributed by atoms with Crippen LogP contribution in [0.25, 0.3) is 10.6 Å². The second-order valence-electron chi connectivity index (χ2n) is 6.92. The zero-order valence-electron chi connectivity index (χ0n) is 16.7. The van der Waals surface area contributed by atoms with Crippen molar-refractivity contribution in [1.82, 2.24) is 20.1 Å². The minimum absolute atomic E-state index is 0.145. The lowest BCUT2D eigenvalue weighted by atomic mass is 10.2. The van der Waals surface area contributed by atoms with E-state index < -0.39 is 0 Å². The van der Waals surface area contributed by atoms with Crippen LogP contribution in [0.3, 0.4) is 0 Å². The number of nitrogens with zero attached hydrogens (tertiary/aromatic N) is 3. The van der Waals surface area contributed by atoms with Gasteiger partial charge in [0.15, 0.2) is 0 Å². The SMILES string of the molecule is CCOc1ccc(-c2nc(C(=O)NC[C@H](C)Cn3nc(C)cc3C)cs2)cc1. The molecule has 0 aliphatic carbocycles. The quantitative estimate of drug-likeness (QED) is 0.621. The number of thiazole rings is 1. The average molecular weight is 399 g/mol. The second-order valence-corrected chi connectivity index (χ2v) is 7.78. The Morgan fingerprint density at radius 1 is 1.29 bits per heavy atom. The molecule has 0 saturated heterocycles. The van der Waals surface area contributed by atoms with E-state index in [1.165, 1.54) is 11.3 Å². The molecule has 0 saturated carbocycles. The second kappa shape index (κ2) is 9.01. The highest BCUT2D eigenvalue weighted by Gasteiger charge is 2.14. The number of ether oxygens (including phenoxy) is 1. The van der Waals surface area contributed by atoms with Gasteiger partial charge in [0.2, 0.25) is 0 Å². The van der Waals surface area contributed by atoms with E-state index in [1.807, 2.05) is 49.7 Å². The van der Waals surface area contributed by atoms with Crippen molar-refractivity contribution in [2.75, 3.05) is 13.2 Å². The molecule has 0 radical (unpaired) electrons. The van der Waals surface area contributed by atoms with Gasteiger partial charge >= 0.3 is 0 Å². The maximum atomic E-state index is 12.4. The van der Waals surface area contributed by atoms with E-state index in [2.05, 4.69) is 28.4 Å². The van der Waals surface area contributed by atoms with Crippen LogP contribution in [0, 0.1) is 19.8 Å². The molecule has 1 aromatic carbocycles. The molecule has 6 nitrogen and oxygen atoms in total. The Kier molecular flexibility index (Phi) is 6.46. The fourth-order valence-corrected chi connectivity index (χ4v) is 3.75. The average Bonchev–Trinajstić information content (AvgIpc) is 3.27. The van der Waals surface area contributed by atoms with Crippen molar-refractivity contribution in [3.63, 3.8) is 0 Å². The monoisotopic (exact) mass is 398 g/mol. The summed E-state index contributed by atoms with van der Waals surface area (Å²) < 4.78 is 7.44. The highest BCUT2D eigenvalue weighted by atomic mass is 32.1. The first kappa shape index (κ1) is 20.1. The van der Waals surface area contributed by atoms with Crippen LogP contribution in [0.5, 0.6) is 5.75 Å². The first-order valence-corrected chi connectivity index (χ1v) is 10.3. The molecule has 3 aromatic rings. The molecule has 0 aliphatic heterocycles. The summed E-state index contributed by atoms with van der Waals surface area (Å²) in [5, 5.41) is 10.1. The van der Waals surface area contributed by atoms with Crippen molar-refractivity contribution in [1.29, 1.82) is 0 Å². The first-order valence-electron chi connectivity index (χ1n) is 9.44. The van der Waals surface area contributed by atoms with Gasteiger partial charge in [0.25, 0.3) is 5.91 Å². The smallest absolute Gasteiger partial charge is 0.270 e. The zero-order chi connectivity index (χ0) is 20.1. The summed E-state index contributed by atoms with van der Waals surface area (Å²) in [6.45, 7) is 10.1. The molecule has 3 rings (SSSR count). The van der Waals surface area contributed by atoms with Crippen LogP contribution in [-0.2, 0) is 6.54 Å². The van der Waals surface area contributed by atoms with Crippen molar-refractivity contribution in [3.8, 4) is 16.3 Å². The molecule has 7 heteroatoms. The topological polar surface area (TPSA) is 69.0 Å². The fourth-order valence-electron chi connectivity index (χ4n) is 2.95. The van der Waals surface area contributed by atoms with E-state index in [4.69, 9.17) is 4.74 Å². The molecular weight excluding hydrogens is 372 g/mol. The molecule has 2 aromatic heterocycles. The van der Waals surface area contributed by atoms with Crippen LogP contribution in [0.15, 0.2) is 35.7 Å². The molecule has 2 heterocycles. The minimum Gasteiger partial charge on any atom is -0.494 e. The van der Waals surface area contributed by atoms with Crippen LogP contribution in [0.2, 0.25) is 0 Å². The van der Waals surface area contributed by atoms with Gasteiger partial charge in [-0.05, 0) is 57.0 Å². The van der Waals surface area contributed by atoms with Gasteiger partial charge in [-0.3, -0.25) is 9.48 Å². The van der Waals surface area contributed by atoms with Crippen LogP contribution in [0.4, 0.5) is 0 Å². The zero-order valence-corrected chi connectivity index (χ0v) is 17.5. The summed E-state index contributed by atoms with van der Waals surface area (Å²) in [5.41, 5.74) is 3.57. The van der Waals surface area contributed by atoms with Crippen LogP contribution >= 0.6 is 11.3 Å². The Balaban J connectivity index is 1.55. The van der Waals surface area contributed by atoms with E-state index in [-0.39, 0.29) is 11.8 Å². The number of carbonyl (C=O) groups is 1. The van der Waals surface area contributed by atoms with Crippen molar-refractivity contribution < 1.29 is 9.53 Å². The summed E-state index contributed by atoms with van der Waals surface area (Å²) in [6.07, 6.45) is 0. The largest absolute Gasteiger partial charge is 0.494 e. The molecule has 1 amide bonds.